The van der Waals surface area contributed by atoms with Crippen molar-refractivity contribution in [3.05, 3.63) is 34.7 Å². The predicted molar refractivity (Wildman–Crippen MR) is 304 cm³/mol. The molecule has 0 spiro atoms. The van der Waals surface area contributed by atoms with Crippen molar-refractivity contribution in [2.45, 2.75) is 209 Å². The van der Waals surface area contributed by atoms with Gasteiger partial charge in [-0.3, -0.25) is 0 Å². The second-order valence-corrected chi connectivity index (χ2v) is 43.3. The quantitative estimate of drug-likeness (QED) is 0.192. The summed E-state index contributed by atoms with van der Waals surface area (Å²) in [6.45, 7) is 33.5. The van der Waals surface area contributed by atoms with Crippen LogP contribution in [0.2, 0.25) is 30.2 Å². The van der Waals surface area contributed by atoms with Crippen LogP contribution in [0.25, 0.3) is 4.98 Å². The van der Waals surface area contributed by atoms with E-state index >= 15 is 0 Å². The zero-order valence-corrected chi connectivity index (χ0v) is 59.7. The molecule has 0 aromatic heterocycles. The van der Waals surface area contributed by atoms with Gasteiger partial charge >= 0.3 is 131 Å². The zero-order chi connectivity index (χ0) is 48.1. The SMILES string of the molecule is C1CCC2C(C1)CCC2CCC1CCC2CCCCC21.CC1C(C)C(C)C(C)C1C.CC1C(C)C(C)C([Si](C)(C)[N-]C(C)(C)C)C1C.C[O][Al]([CH3])[CH3].[CH3-].[CH3-].[CH3-].[CH3-].[Cl][Ti+]([Cl])[Cl].[Cl][Ti][Cl].[Cl][Zr+2][Cl]. The number of hydrogen-bond donors (Lipinski definition) is 0. The molecule has 6 aliphatic rings. The predicted octanol–water partition coefficient (Wildman–Crippen LogP) is 22.2. The molecule has 396 valence electrons. The zero-order valence-electron chi connectivity index (χ0n) is 46.7. The molecule has 6 saturated carbocycles. The topological polar surface area (TPSA) is 23.3 Å². The number of nitrogens with zero attached hydrogens (tertiary/aromatic N) is 1. The summed E-state index contributed by atoms with van der Waals surface area (Å²) in [5, 5.41) is 0. The second-order valence-electron chi connectivity index (χ2n) is 22.5. The molecule has 6 fully saturated rings. The molecule has 0 bridgehead atoms. The number of rotatable bonds is 6. The molecule has 0 aliphatic heterocycles. The Morgan fingerprint density at radius 2 is 0.818 bits per heavy atom. The molecule has 0 radical (unpaired) electrons. The Kier molecular flexibility index (Phi) is 50.9. The van der Waals surface area contributed by atoms with Gasteiger partial charge in [-0.1, -0.05) is 160 Å². The number of halogens is 7. The van der Waals surface area contributed by atoms with E-state index in [1.165, 1.54) is 0 Å². The summed E-state index contributed by atoms with van der Waals surface area (Å²) in [4.78, 5) is 5.23. The molecule has 14 heteroatoms. The van der Waals surface area contributed by atoms with Crippen LogP contribution in [-0.2, 0) is 56.4 Å². The molecule has 0 aromatic carbocycles. The molecule has 10 unspecified atom stereocenters. The molecule has 10 atom stereocenters. The first-order valence-electron chi connectivity index (χ1n) is 24.8. The Hall–Kier alpha value is 5.01. The summed E-state index contributed by atoms with van der Waals surface area (Å²) in [7, 11) is 34.8. The third kappa shape index (κ3) is 29.5. The van der Waals surface area contributed by atoms with Crippen LogP contribution < -0.4 is 0 Å². The summed E-state index contributed by atoms with van der Waals surface area (Å²) >= 11 is -3.95. The van der Waals surface area contributed by atoms with Gasteiger partial charge in [-0.25, -0.2) is 0 Å². The molecule has 0 saturated heterocycles. The van der Waals surface area contributed by atoms with Gasteiger partial charge in [0.25, 0.3) is 0 Å². The summed E-state index contributed by atoms with van der Waals surface area (Å²) in [5.41, 5.74) is 0.983. The van der Waals surface area contributed by atoms with E-state index in [0.717, 1.165) is 94.3 Å². The van der Waals surface area contributed by atoms with Crippen molar-refractivity contribution in [2.75, 3.05) is 7.11 Å². The van der Waals surface area contributed by atoms with Crippen LogP contribution in [0.1, 0.15) is 173 Å². The first-order valence-corrected chi connectivity index (χ1v) is 47.7. The van der Waals surface area contributed by atoms with Crippen molar-refractivity contribution in [2.24, 2.45) is 88.8 Å². The van der Waals surface area contributed by atoms with Gasteiger partial charge in [0.1, 0.15) is 0 Å². The molecule has 0 N–H and O–H groups in total. The van der Waals surface area contributed by atoms with Crippen LogP contribution in [0.3, 0.4) is 0 Å². The fourth-order valence-corrected chi connectivity index (χ4v) is 18.6. The maximum atomic E-state index is 5.23. The van der Waals surface area contributed by atoms with Crippen molar-refractivity contribution in [1.29, 1.82) is 0 Å². The normalized spacial score (nSPS) is 34.5. The van der Waals surface area contributed by atoms with E-state index in [4.69, 9.17) is 72.3 Å². The summed E-state index contributed by atoms with van der Waals surface area (Å²) < 4.78 is 4.89. The van der Waals surface area contributed by atoms with E-state index in [2.05, 4.69) is 108 Å². The van der Waals surface area contributed by atoms with Crippen molar-refractivity contribution >= 4 is 86.3 Å². The number of fused-ring (bicyclic) bond motifs is 2. The van der Waals surface area contributed by atoms with Gasteiger partial charge in [-0.15, -0.1) is 5.54 Å². The maximum absolute atomic E-state index is 5.23. The van der Waals surface area contributed by atoms with Crippen LogP contribution >= 0.6 is 63.6 Å². The van der Waals surface area contributed by atoms with Crippen LogP contribution in [0.4, 0.5) is 0 Å². The van der Waals surface area contributed by atoms with Gasteiger partial charge in [0.15, 0.2) is 0 Å². The average molecular weight is 1250 g/mol. The monoisotopic (exact) mass is 1250 g/mol. The van der Waals surface area contributed by atoms with Crippen molar-refractivity contribution in [3.8, 4) is 0 Å². The average Bonchev–Trinajstić information content (AvgIpc) is 3.90. The van der Waals surface area contributed by atoms with Gasteiger partial charge < -0.3 is 38.5 Å². The van der Waals surface area contributed by atoms with E-state index in [-0.39, 0.29) is 35.2 Å². The van der Waals surface area contributed by atoms with Crippen molar-refractivity contribution in [1.82, 2.24) is 0 Å². The third-order valence-corrected chi connectivity index (χ3v) is 22.4. The van der Waals surface area contributed by atoms with Gasteiger partial charge in [0.05, 0.1) is 0 Å². The summed E-state index contributed by atoms with van der Waals surface area (Å²) in [6, 6.07) is 0. The minimum absolute atomic E-state index is 0. The van der Waals surface area contributed by atoms with Crippen LogP contribution in [0, 0.1) is 118 Å². The standard InChI is InChI=1S/C20H34.C15H32NSi.C10H20.CH3O.6CH3.Al.7ClH.2Ti.Zr/c1-3-7-19-15(5-1)9-11-17(19)13-14-18-12-10-16-6-2-4-8-20(16)18;1-10-11(2)13(4)14(12(10)3)17(8,9)16-15(5,6)7;1-6-7(2)9(4)10(5)8(6)3;1-2;;;;;;;;;;;;;;;;;/h15-20H,1-14H2;10-14H,1-9H3;6-10H,1-5H3;1H3;6*1H3;;7*1H;;;/q;-1;;-1;;;4*-1;+1;;;;;;;;+2;2*+4/p-7. The third-order valence-electron chi connectivity index (χ3n) is 17.5. The van der Waals surface area contributed by atoms with Crippen LogP contribution in [0.5, 0.6) is 0 Å². The van der Waals surface area contributed by atoms with E-state index in [0.29, 0.717) is 0 Å². The molecule has 0 aromatic rings. The Balaban J connectivity index is -0.000000245. The van der Waals surface area contributed by atoms with Crippen LogP contribution in [0.15, 0.2) is 0 Å². The minimum atomic E-state index is -1.92. The fourth-order valence-electron chi connectivity index (χ4n) is 13.6. The molecule has 0 amide bonds. The Bertz CT molecular complexity index is 1040. The molecule has 66 heavy (non-hydrogen) atoms. The van der Waals surface area contributed by atoms with E-state index in [1.54, 1.807) is 97.0 Å². The molecular weight excluding hydrogens is 1140 g/mol. The van der Waals surface area contributed by atoms with Gasteiger partial charge in [-0.2, -0.15) is 0 Å². The van der Waals surface area contributed by atoms with Crippen LogP contribution in [-0.4, -0.2) is 35.4 Å². The van der Waals surface area contributed by atoms with E-state index in [1.807, 2.05) is 0 Å². The summed E-state index contributed by atoms with van der Waals surface area (Å²) in [5.74, 6) is 19.3. The Morgan fingerprint density at radius 1 is 0.576 bits per heavy atom. The Labute approximate surface area is 476 Å². The van der Waals surface area contributed by atoms with Crippen molar-refractivity contribution in [3.63, 3.8) is 0 Å². The first-order chi connectivity index (χ1) is 28.8. The van der Waals surface area contributed by atoms with Gasteiger partial charge in [-0.05, 0) is 140 Å². The summed E-state index contributed by atoms with van der Waals surface area (Å²) in [6.07, 6.45) is 22.1. The number of hydrogen-bond acceptors (Lipinski definition) is 1. The fraction of sp³-hybridized carbons (Fsp3) is 0.923. The molecule has 2 nitrogen and oxygen atoms in total. The van der Waals surface area contributed by atoms with Gasteiger partial charge in [0, 0.05) is 7.11 Å². The second kappa shape index (κ2) is 42.1. The molecule has 6 rings (SSSR count). The Morgan fingerprint density at radius 3 is 1.06 bits per heavy atom. The molecular formula is C52H107AlCl7NOSiTi2Zr-2. The van der Waals surface area contributed by atoms with Crippen molar-refractivity contribution < 1.29 is 56.4 Å². The first kappa shape index (κ1) is 79.9. The van der Waals surface area contributed by atoms with E-state index < -0.39 is 75.3 Å². The van der Waals surface area contributed by atoms with E-state index in [9.17, 15) is 0 Å². The molecule has 6 aliphatic carbocycles. The molecule has 0 heterocycles. The van der Waals surface area contributed by atoms with Gasteiger partial charge in [0.2, 0.25) is 0 Å².